The van der Waals surface area contributed by atoms with Crippen molar-refractivity contribution in [1.29, 1.82) is 0 Å². The van der Waals surface area contributed by atoms with E-state index in [-0.39, 0.29) is 11.9 Å². The average Bonchev–Trinajstić information content (AvgIpc) is 3.07. The Morgan fingerprint density at radius 1 is 1.08 bits per heavy atom. The van der Waals surface area contributed by atoms with Gasteiger partial charge in [0.25, 0.3) is 0 Å². The van der Waals surface area contributed by atoms with Gasteiger partial charge in [-0.25, -0.2) is 9.78 Å². The van der Waals surface area contributed by atoms with E-state index in [2.05, 4.69) is 27.3 Å². The summed E-state index contributed by atoms with van der Waals surface area (Å²) < 4.78 is 31.7. The van der Waals surface area contributed by atoms with E-state index in [1.807, 2.05) is 35.2 Å². The Morgan fingerprint density at radius 2 is 1.81 bits per heavy atom. The Kier molecular flexibility index (Phi) is 7.70. The van der Waals surface area contributed by atoms with Gasteiger partial charge in [-0.05, 0) is 49.7 Å². The Bertz CT molecular complexity index is 1210. The first kappa shape index (κ1) is 25.8. The van der Waals surface area contributed by atoms with Crippen molar-refractivity contribution in [2.24, 2.45) is 0 Å². The number of amides is 1. The highest BCUT2D eigenvalue weighted by atomic mass is 35.5. The summed E-state index contributed by atoms with van der Waals surface area (Å²) in [5, 5.41) is 11.0. The molecule has 1 aromatic heterocycles. The Hall–Kier alpha value is -3.31. The minimum Gasteiger partial charge on any atom is -0.475 e. The van der Waals surface area contributed by atoms with Crippen LogP contribution >= 0.6 is 11.6 Å². The van der Waals surface area contributed by atoms with Crippen molar-refractivity contribution in [3.8, 4) is 11.4 Å². The number of carbonyl (C=O) groups is 2. The van der Waals surface area contributed by atoms with E-state index in [0.717, 1.165) is 73.7 Å². The molecule has 2 fully saturated rings. The fraction of sp³-hybridized carbons (Fsp3) is 0.375. The average molecular weight is 524 g/mol. The molecule has 3 aromatic rings. The van der Waals surface area contributed by atoms with Gasteiger partial charge in [-0.2, -0.15) is 13.2 Å². The molecule has 0 spiro atoms. The van der Waals surface area contributed by atoms with E-state index in [9.17, 15) is 18.0 Å². The largest absolute Gasteiger partial charge is 0.490 e. The SMILES string of the molecule is O=C(O)C(F)(F)F.O=C([C@@H]1CCN1)N1CCCN(c2ccc(Cl)c(-c3nc4ccccc4[nH]3)c2)CC1. The lowest BCUT2D eigenvalue weighted by Gasteiger charge is -2.32. The quantitative estimate of drug-likeness (QED) is 0.481. The van der Waals surface area contributed by atoms with Crippen molar-refractivity contribution in [2.45, 2.75) is 25.1 Å². The molecule has 3 N–H and O–H groups in total. The highest BCUT2D eigenvalue weighted by molar-refractivity contribution is 6.33. The molecule has 0 bridgehead atoms. The van der Waals surface area contributed by atoms with Gasteiger partial charge in [-0.1, -0.05) is 23.7 Å². The zero-order chi connectivity index (χ0) is 25.9. The van der Waals surface area contributed by atoms with Gasteiger partial charge >= 0.3 is 12.1 Å². The first-order valence-corrected chi connectivity index (χ1v) is 11.8. The molecule has 12 heteroatoms. The van der Waals surface area contributed by atoms with Crippen molar-refractivity contribution >= 4 is 40.2 Å². The summed E-state index contributed by atoms with van der Waals surface area (Å²) in [5.41, 5.74) is 3.94. The summed E-state index contributed by atoms with van der Waals surface area (Å²) in [7, 11) is 0. The van der Waals surface area contributed by atoms with Crippen LogP contribution in [0.1, 0.15) is 12.8 Å². The number of carboxylic acids is 1. The number of carbonyl (C=O) groups excluding carboxylic acids is 1. The van der Waals surface area contributed by atoms with Crippen molar-refractivity contribution in [1.82, 2.24) is 20.2 Å². The Labute approximate surface area is 210 Å². The molecular weight excluding hydrogens is 499 g/mol. The fourth-order valence-corrected chi connectivity index (χ4v) is 4.29. The molecule has 2 aliphatic rings. The molecule has 3 heterocycles. The number of alkyl halides is 3. The third-order valence-electron chi connectivity index (χ3n) is 6.13. The molecule has 1 atom stereocenters. The highest BCUT2D eigenvalue weighted by Gasteiger charge is 2.38. The van der Waals surface area contributed by atoms with Crippen LogP contribution in [0, 0.1) is 0 Å². The number of fused-ring (bicyclic) bond motifs is 1. The number of hydrogen-bond donors (Lipinski definition) is 3. The number of nitrogens with zero attached hydrogens (tertiary/aromatic N) is 3. The van der Waals surface area contributed by atoms with E-state index in [1.165, 1.54) is 0 Å². The number of anilines is 1. The smallest absolute Gasteiger partial charge is 0.475 e. The predicted molar refractivity (Wildman–Crippen MR) is 130 cm³/mol. The number of hydrogen-bond acceptors (Lipinski definition) is 5. The summed E-state index contributed by atoms with van der Waals surface area (Å²) in [4.78, 5) is 33.9. The summed E-state index contributed by atoms with van der Waals surface area (Å²) in [6.45, 7) is 4.26. The van der Waals surface area contributed by atoms with Gasteiger partial charge in [0.05, 0.1) is 22.1 Å². The zero-order valence-electron chi connectivity index (χ0n) is 19.2. The number of nitrogens with one attached hydrogen (secondary N) is 2. The van der Waals surface area contributed by atoms with E-state index in [1.54, 1.807) is 0 Å². The van der Waals surface area contributed by atoms with Crippen LogP contribution in [0.2, 0.25) is 5.02 Å². The summed E-state index contributed by atoms with van der Waals surface area (Å²) in [6.07, 6.45) is -3.17. The molecule has 0 aliphatic carbocycles. The maximum Gasteiger partial charge on any atom is 0.490 e. The number of aromatic amines is 1. The molecule has 0 unspecified atom stereocenters. The fourth-order valence-electron chi connectivity index (χ4n) is 4.09. The Balaban J connectivity index is 0.000000384. The monoisotopic (exact) mass is 523 g/mol. The summed E-state index contributed by atoms with van der Waals surface area (Å²) in [5.74, 6) is -1.73. The standard InChI is InChI=1S/C22H24ClN5O.C2HF3O2/c23-17-7-6-15(14-16(17)21-25-18-4-1-2-5-19(18)26-21)27-10-3-11-28(13-12-27)22(29)20-8-9-24-20;3-2(4,5)1(6)7/h1-2,4-7,14,20,24H,3,8-13H2,(H,25,26);(H,6,7)/t20-;/m0./s1. The van der Waals surface area contributed by atoms with Crippen LogP contribution in [0.3, 0.4) is 0 Å². The van der Waals surface area contributed by atoms with Crippen molar-refractivity contribution in [2.75, 3.05) is 37.6 Å². The topological polar surface area (TPSA) is 102 Å². The lowest BCUT2D eigenvalue weighted by molar-refractivity contribution is -0.192. The normalized spacial score (nSPS) is 18.2. The van der Waals surface area contributed by atoms with Crippen LogP contribution < -0.4 is 10.2 Å². The van der Waals surface area contributed by atoms with Gasteiger partial charge in [0.15, 0.2) is 0 Å². The molecule has 2 saturated heterocycles. The molecule has 0 saturated carbocycles. The van der Waals surface area contributed by atoms with Gasteiger partial charge in [-0.15, -0.1) is 0 Å². The van der Waals surface area contributed by atoms with Crippen LogP contribution in [0.4, 0.5) is 18.9 Å². The second kappa shape index (κ2) is 10.8. The minimum atomic E-state index is -5.08. The number of imidazole rings is 1. The molecule has 1 amide bonds. The summed E-state index contributed by atoms with van der Waals surface area (Å²) >= 11 is 6.51. The number of H-pyrrole nitrogens is 1. The van der Waals surface area contributed by atoms with Crippen LogP contribution in [0.5, 0.6) is 0 Å². The van der Waals surface area contributed by atoms with E-state index >= 15 is 0 Å². The lowest BCUT2D eigenvalue weighted by Crippen LogP contribution is -2.55. The van der Waals surface area contributed by atoms with Crippen LogP contribution in [0.25, 0.3) is 22.4 Å². The molecule has 192 valence electrons. The van der Waals surface area contributed by atoms with Gasteiger partial charge in [0.1, 0.15) is 5.82 Å². The summed E-state index contributed by atoms with van der Waals surface area (Å²) in [6, 6.07) is 14.1. The molecule has 5 rings (SSSR count). The second-order valence-electron chi connectivity index (χ2n) is 8.53. The molecule has 8 nitrogen and oxygen atoms in total. The third kappa shape index (κ3) is 5.90. The molecular formula is C24H25ClF3N5O3. The van der Waals surface area contributed by atoms with E-state index in [0.29, 0.717) is 5.02 Å². The first-order valence-electron chi connectivity index (χ1n) is 11.5. The van der Waals surface area contributed by atoms with Crippen molar-refractivity contribution in [3.63, 3.8) is 0 Å². The number of benzene rings is 2. The van der Waals surface area contributed by atoms with Crippen LogP contribution in [-0.2, 0) is 9.59 Å². The highest BCUT2D eigenvalue weighted by Crippen LogP contribution is 2.32. The lowest BCUT2D eigenvalue weighted by atomic mass is 10.1. The predicted octanol–water partition coefficient (Wildman–Crippen LogP) is 3.92. The van der Waals surface area contributed by atoms with Crippen molar-refractivity contribution in [3.05, 3.63) is 47.5 Å². The van der Waals surface area contributed by atoms with Gasteiger partial charge in [0, 0.05) is 37.4 Å². The van der Waals surface area contributed by atoms with E-state index in [4.69, 9.17) is 26.5 Å². The van der Waals surface area contributed by atoms with Gasteiger partial charge in [-0.3, -0.25) is 4.79 Å². The molecule has 36 heavy (non-hydrogen) atoms. The number of rotatable bonds is 3. The number of halogens is 4. The Morgan fingerprint density at radius 3 is 2.44 bits per heavy atom. The molecule has 2 aromatic carbocycles. The third-order valence-corrected chi connectivity index (χ3v) is 6.46. The first-order chi connectivity index (χ1) is 17.1. The molecule has 0 radical (unpaired) electrons. The second-order valence-corrected chi connectivity index (χ2v) is 8.94. The minimum absolute atomic E-state index is 0.0248. The number of aromatic nitrogens is 2. The van der Waals surface area contributed by atoms with Gasteiger partial charge < -0.3 is 25.2 Å². The van der Waals surface area contributed by atoms with E-state index < -0.39 is 12.1 Å². The van der Waals surface area contributed by atoms with Crippen LogP contribution in [0.15, 0.2) is 42.5 Å². The van der Waals surface area contributed by atoms with Crippen molar-refractivity contribution < 1.29 is 27.9 Å². The number of aliphatic carboxylic acids is 1. The number of carboxylic acid groups (broad SMARTS) is 1. The maximum absolute atomic E-state index is 12.6. The number of para-hydroxylation sites is 2. The molecule has 2 aliphatic heterocycles. The van der Waals surface area contributed by atoms with Gasteiger partial charge in [0.2, 0.25) is 5.91 Å². The zero-order valence-corrected chi connectivity index (χ0v) is 19.9. The van der Waals surface area contributed by atoms with Crippen LogP contribution in [-0.4, -0.2) is 76.8 Å². The maximum atomic E-state index is 12.6.